The third kappa shape index (κ3) is 3.97. The van der Waals surface area contributed by atoms with Crippen LogP contribution in [0.15, 0.2) is 0 Å². The summed E-state index contributed by atoms with van der Waals surface area (Å²) in [5.74, 6) is 0.285. The number of aliphatic hydroxyl groups excluding tert-OH is 5. The van der Waals surface area contributed by atoms with Crippen LogP contribution in [0.4, 0.5) is 0 Å². The van der Waals surface area contributed by atoms with Gasteiger partial charge in [-0.15, -0.1) is 0 Å². The first kappa shape index (κ1) is 32.2. The molecule has 2 aliphatic heterocycles. The summed E-state index contributed by atoms with van der Waals surface area (Å²) < 4.78 is 18.7. The van der Waals surface area contributed by atoms with Crippen LogP contribution >= 0.6 is 0 Å². The Morgan fingerprint density at radius 1 is 0.750 bits per heavy atom. The maximum atomic E-state index is 12.1. The van der Waals surface area contributed by atoms with Gasteiger partial charge in [-0.05, 0) is 117 Å². The molecule has 252 valence electrons. The summed E-state index contributed by atoms with van der Waals surface area (Å²) >= 11 is 0. The molecule has 16 atom stereocenters. The second kappa shape index (κ2) is 9.63. The van der Waals surface area contributed by atoms with E-state index in [1.54, 1.807) is 0 Å². The predicted octanol–water partition coefficient (Wildman–Crippen LogP) is 2.90. The van der Waals surface area contributed by atoms with E-state index in [1.165, 1.54) is 0 Å². The highest BCUT2D eigenvalue weighted by molar-refractivity contribution is 5.33. The molecular formula is C35H58O9. The van der Waals surface area contributed by atoms with Crippen molar-refractivity contribution in [1.82, 2.24) is 0 Å². The molecule has 0 bridgehead atoms. The molecule has 0 aromatic rings. The molecule has 9 nitrogen and oxygen atoms in total. The van der Waals surface area contributed by atoms with Crippen LogP contribution in [0.2, 0.25) is 0 Å². The van der Waals surface area contributed by atoms with Crippen LogP contribution < -0.4 is 0 Å². The van der Waals surface area contributed by atoms with Crippen LogP contribution in [0.25, 0.3) is 0 Å². The Balaban J connectivity index is 1.15. The minimum absolute atomic E-state index is 0.00753. The van der Waals surface area contributed by atoms with Gasteiger partial charge in [-0.1, -0.05) is 27.7 Å². The molecule has 2 heterocycles. The lowest BCUT2D eigenvalue weighted by atomic mass is 9.41. The van der Waals surface area contributed by atoms with E-state index in [1.807, 2.05) is 13.8 Å². The van der Waals surface area contributed by atoms with Crippen molar-refractivity contribution in [2.45, 2.75) is 166 Å². The molecule has 0 aromatic heterocycles. The van der Waals surface area contributed by atoms with Gasteiger partial charge in [-0.3, -0.25) is 0 Å². The largest absolute Gasteiger partial charge is 0.393 e. The van der Waals surface area contributed by atoms with Crippen molar-refractivity contribution >= 4 is 0 Å². The van der Waals surface area contributed by atoms with Gasteiger partial charge in [0.1, 0.15) is 18.3 Å². The first-order valence-electron chi connectivity index (χ1n) is 17.4. The maximum absolute atomic E-state index is 12.1. The molecule has 2 saturated heterocycles. The van der Waals surface area contributed by atoms with Crippen molar-refractivity contribution in [3.05, 3.63) is 0 Å². The molecule has 7 aliphatic rings. The summed E-state index contributed by atoms with van der Waals surface area (Å²) in [5, 5.41) is 65.5. The van der Waals surface area contributed by atoms with E-state index in [4.69, 9.17) is 14.2 Å². The van der Waals surface area contributed by atoms with Gasteiger partial charge < -0.3 is 44.8 Å². The number of aliphatic hydroxyl groups is 6. The van der Waals surface area contributed by atoms with Crippen LogP contribution in [0.5, 0.6) is 0 Å². The molecule has 0 unspecified atom stereocenters. The SMILES string of the molecule is CC(C)(O)[C@@H]1CC[C@](C)([C@H]2[C@@H](O)C[C@@]3(C)[C@H]4C[C@@H](O)[C@@H]5C(C)(C)[C@@H](O[C@H]6OC[C@@H](O)[C@@H](O)[C@H]6O)CC[C@@]56C[C@@]46CC[C@]23C)O1. The van der Waals surface area contributed by atoms with E-state index < -0.39 is 53.4 Å². The maximum Gasteiger partial charge on any atom is 0.186 e. The van der Waals surface area contributed by atoms with Crippen molar-refractivity contribution in [1.29, 1.82) is 0 Å². The zero-order valence-electron chi connectivity index (χ0n) is 27.8. The zero-order valence-corrected chi connectivity index (χ0v) is 27.8. The van der Waals surface area contributed by atoms with Crippen molar-refractivity contribution in [3.8, 4) is 0 Å². The molecule has 5 saturated carbocycles. The lowest BCUT2D eigenvalue weighted by molar-refractivity contribution is -0.306. The molecule has 7 fully saturated rings. The highest BCUT2D eigenvalue weighted by atomic mass is 16.7. The van der Waals surface area contributed by atoms with Gasteiger partial charge >= 0.3 is 0 Å². The Morgan fingerprint density at radius 3 is 2.11 bits per heavy atom. The average Bonchev–Trinajstić information content (AvgIpc) is 3.27. The Labute approximate surface area is 262 Å². The van der Waals surface area contributed by atoms with E-state index in [9.17, 15) is 30.6 Å². The third-order valence-corrected chi connectivity index (χ3v) is 15.5. The van der Waals surface area contributed by atoms with Crippen LogP contribution in [0, 0.1) is 44.8 Å². The summed E-state index contributed by atoms with van der Waals surface area (Å²) in [7, 11) is 0. The third-order valence-electron chi connectivity index (χ3n) is 15.5. The topological polar surface area (TPSA) is 149 Å². The Kier molecular flexibility index (Phi) is 7.04. The molecule has 2 spiro atoms. The van der Waals surface area contributed by atoms with Crippen LogP contribution in [0.3, 0.4) is 0 Å². The van der Waals surface area contributed by atoms with Gasteiger partial charge in [0.2, 0.25) is 0 Å². The molecule has 44 heavy (non-hydrogen) atoms. The zero-order chi connectivity index (χ0) is 32.0. The van der Waals surface area contributed by atoms with E-state index in [-0.39, 0.29) is 52.3 Å². The van der Waals surface area contributed by atoms with E-state index >= 15 is 0 Å². The fourth-order valence-corrected chi connectivity index (χ4v) is 13.4. The minimum atomic E-state index is -1.33. The summed E-state index contributed by atoms with van der Waals surface area (Å²) in [4.78, 5) is 0. The summed E-state index contributed by atoms with van der Waals surface area (Å²) in [6.45, 7) is 14.8. The fourth-order valence-electron chi connectivity index (χ4n) is 13.4. The van der Waals surface area contributed by atoms with Crippen molar-refractivity contribution in [3.63, 3.8) is 0 Å². The molecule has 7 rings (SSSR count). The average molecular weight is 623 g/mol. The standard InChI is InChI=1S/C35H58O9/c1-29(2)22(43-28-25(40)24(39)20(38)16-42-28)9-11-35-17-34(35)13-12-31(5)27(33(7)10-8-23(44-33)30(3,4)41)19(37)15-32(31,6)21(34)14-18(36)26(29)35/h18-28,36-41H,8-17H2,1-7H3/t18-,19+,20-,21-,22+,23+,24-,25-,26-,27+,28-,31-,32+,33-,34+,35-/m1/s1. The van der Waals surface area contributed by atoms with E-state index in [2.05, 4.69) is 34.6 Å². The first-order chi connectivity index (χ1) is 20.3. The van der Waals surface area contributed by atoms with Crippen LogP contribution in [0.1, 0.15) is 106 Å². The van der Waals surface area contributed by atoms with Crippen molar-refractivity contribution < 1.29 is 44.8 Å². The fraction of sp³-hybridized carbons (Fsp3) is 1.00. The quantitative estimate of drug-likeness (QED) is 0.260. The van der Waals surface area contributed by atoms with Crippen molar-refractivity contribution in [2.75, 3.05) is 6.61 Å². The summed E-state index contributed by atoms with van der Waals surface area (Å²) in [6, 6.07) is 0. The van der Waals surface area contributed by atoms with Crippen LogP contribution in [-0.4, -0.2) is 97.5 Å². The lowest BCUT2D eigenvalue weighted by Gasteiger charge is -2.64. The second-order valence-corrected chi connectivity index (χ2v) is 18.3. The molecule has 6 N–H and O–H groups in total. The first-order valence-corrected chi connectivity index (χ1v) is 17.4. The Bertz CT molecular complexity index is 1160. The van der Waals surface area contributed by atoms with Gasteiger partial charge in [0.25, 0.3) is 0 Å². The second-order valence-electron chi connectivity index (χ2n) is 18.3. The van der Waals surface area contributed by atoms with E-state index in [0.29, 0.717) is 18.8 Å². The lowest BCUT2D eigenvalue weighted by Crippen LogP contribution is -2.63. The molecule has 0 amide bonds. The number of fused-ring (bicyclic) bond motifs is 2. The summed E-state index contributed by atoms with van der Waals surface area (Å²) in [6.07, 6.45) is 1.57. The molecule has 5 aliphatic carbocycles. The smallest absolute Gasteiger partial charge is 0.186 e. The number of hydrogen-bond donors (Lipinski definition) is 6. The van der Waals surface area contributed by atoms with Gasteiger partial charge in [0, 0.05) is 5.92 Å². The molecule has 0 aromatic carbocycles. The van der Waals surface area contributed by atoms with Gasteiger partial charge in [0.05, 0.1) is 42.2 Å². The van der Waals surface area contributed by atoms with Crippen molar-refractivity contribution in [2.24, 2.45) is 44.8 Å². The molecule has 0 radical (unpaired) electrons. The number of rotatable bonds is 4. The highest BCUT2D eigenvalue weighted by Gasteiger charge is 2.85. The molecule has 9 heteroatoms. The van der Waals surface area contributed by atoms with Gasteiger partial charge in [0.15, 0.2) is 6.29 Å². The van der Waals surface area contributed by atoms with Gasteiger partial charge in [-0.25, -0.2) is 0 Å². The van der Waals surface area contributed by atoms with Crippen LogP contribution in [-0.2, 0) is 14.2 Å². The Hall–Kier alpha value is -0.360. The number of ether oxygens (including phenoxy) is 3. The predicted molar refractivity (Wildman–Crippen MR) is 161 cm³/mol. The Morgan fingerprint density at radius 2 is 1.45 bits per heavy atom. The monoisotopic (exact) mass is 622 g/mol. The summed E-state index contributed by atoms with van der Waals surface area (Å²) in [5.41, 5.74) is -2.01. The molecular weight excluding hydrogens is 564 g/mol. The van der Waals surface area contributed by atoms with Gasteiger partial charge in [-0.2, -0.15) is 0 Å². The van der Waals surface area contributed by atoms with E-state index in [0.717, 1.165) is 44.9 Å². The highest BCUT2D eigenvalue weighted by Crippen LogP contribution is 2.89. The minimum Gasteiger partial charge on any atom is -0.393 e. The normalized spacial score (nSPS) is 59.8. The number of hydrogen-bond acceptors (Lipinski definition) is 9.